The van der Waals surface area contributed by atoms with E-state index in [0.717, 1.165) is 21.8 Å². The fourth-order valence-electron chi connectivity index (χ4n) is 3.40. The lowest BCUT2D eigenvalue weighted by Gasteiger charge is -2.10. The zero-order valence-electron chi connectivity index (χ0n) is 16.6. The van der Waals surface area contributed by atoms with Crippen molar-refractivity contribution < 1.29 is 19.0 Å². The molecule has 2 heterocycles. The molecule has 30 heavy (non-hydrogen) atoms. The van der Waals surface area contributed by atoms with Gasteiger partial charge in [-0.3, -0.25) is 0 Å². The second-order valence-electron chi connectivity index (χ2n) is 6.60. The molecule has 7 nitrogen and oxygen atoms in total. The van der Waals surface area contributed by atoms with Crippen molar-refractivity contribution in [2.45, 2.75) is 13.5 Å². The predicted octanol–water partition coefficient (Wildman–Crippen LogP) is 4.70. The molecular formula is C23H19N3O4. The van der Waals surface area contributed by atoms with Gasteiger partial charge < -0.3 is 19.2 Å². The summed E-state index contributed by atoms with van der Waals surface area (Å²) in [6, 6.07) is 14.7. The van der Waals surface area contributed by atoms with Gasteiger partial charge in [0.25, 0.3) is 0 Å². The third-order valence-electron chi connectivity index (χ3n) is 4.69. The van der Waals surface area contributed by atoms with Gasteiger partial charge in [0.05, 0.1) is 36.6 Å². The van der Waals surface area contributed by atoms with E-state index in [1.54, 1.807) is 44.5 Å². The molecule has 0 bridgehead atoms. The monoisotopic (exact) mass is 401 g/mol. The summed E-state index contributed by atoms with van der Waals surface area (Å²) < 4.78 is 16.5. The Labute approximate surface area is 172 Å². The summed E-state index contributed by atoms with van der Waals surface area (Å²) in [4.78, 5) is 20.0. The fourth-order valence-corrected chi connectivity index (χ4v) is 3.40. The molecule has 2 aromatic carbocycles. The maximum atomic E-state index is 12.4. The summed E-state index contributed by atoms with van der Waals surface area (Å²) in [5.74, 6) is 0.774. The number of hydrogen-bond acceptors (Lipinski definition) is 6. The number of aromatic amines is 1. The van der Waals surface area contributed by atoms with E-state index in [4.69, 9.17) is 19.5 Å². The Kier molecular flexibility index (Phi) is 5.33. The van der Waals surface area contributed by atoms with E-state index < -0.39 is 5.97 Å². The molecule has 0 saturated heterocycles. The number of aromatic nitrogens is 2. The van der Waals surface area contributed by atoms with Crippen molar-refractivity contribution in [3.63, 3.8) is 0 Å². The number of pyridine rings is 1. The Bertz CT molecular complexity index is 1270. The van der Waals surface area contributed by atoms with Crippen molar-refractivity contribution in [2.75, 3.05) is 13.7 Å². The number of H-pyrrole nitrogens is 1. The predicted molar refractivity (Wildman–Crippen MR) is 112 cm³/mol. The Morgan fingerprint density at radius 3 is 2.60 bits per heavy atom. The summed E-state index contributed by atoms with van der Waals surface area (Å²) in [7, 11) is 1.57. The van der Waals surface area contributed by atoms with Crippen LogP contribution in [-0.2, 0) is 16.1 Å². The first kappa shape index (κ1) is 19.4. The molecule has 2 aromatic heterocycles. The molecule has 0 aliphatic carbocycles. The number of ether oxygens (including phenoxy) is 3. The third-order valence-corrected chi connectivity index (χ3v) is 4.69. The largest absolute Gasteiger partial charge is 0.461 e. The van der Waals surface area contributed by atoms with E-state index in [2.05, 4.69) is 16.0 Å². The lowest BCUT2D eigenvalue weighted by atomic mass is 10.1. The second kappa shape index (κ2) is 8.23. The lowest BCUT2D eigenvalue weighted by molar-refractivity contribution is 0.0514. The zero-order valence-corrected chi connectivity index (χ0v) is 16.6. The summed E-state index contributed by atoms with van der Waals surface area (Å²) in [5.41, 5.74) is 3.15. The number of nitriles is 1. The molecule has 150 valence electrons. The zero-order chi connectivity index (χ0) is 21.1. The van der Waals surface area contributed by atoms with E-state index in [0.29, 0.717) is 22.6 Å². The topological polar surface area (TPSA) is 97.2 Å². The van der Waals surface area contributed by atoms with Gasteiger partial charge in [-0.05, 0) is 49.4 Å². The van der Waals surface area contributed by atoms with Crippen molar-refractivity contribution in [3.05, 3.63) is 65.5 Å². The van der Waals surface area contributed by atoms with Gasteiger partial charge in [0.2, 0.25) is 0 Å². The van der Waals surface area contributed by atoms with Gasteiger partial charge in [-0.1, -0.05) is 0 Å². The van der Waals surface area contributed by atoms with Crippen molar-refractivity contribution >= 4 is 27.8 Å². The van der Waals surface area contributed by atoms with Crippen LogP contribution in [0, 0.1) is 11.3 Å². The van der Waals surface area contributed by atoms with Crippen molar-refractivity contribution in [1.82, 2.24) is 9.97 Å². The van der Waals surface area contributed by atoms with Gasteiger partial charge in [-0.15, -0.1) is 0 Å². The van der Waals surface area contributed by atoms with Crippen LogP contribution in [0.15, 0.2) is 48.7 Å². The fraction of sp³-hybridized carbons (Fsp3) is 0.174. The van der Waals surface area contributed by atoms with Crippen LogP contribution in [0.5, 0.6) is 11.5 Å². The van der Waals surface area contributed by atoms with Crippen LogP contribution >= 0.6 is 0 Å². The van der Waals surface area contributed by atoms with Crippen LogP contribution in [0.1, 0.15) is 28.5 Å². The molecular weight excluding hydrogens is 382 g/mol. The number of benzene rings is 2. The number of nitrogens with one attached hydrogen (secondary N) is 1. The van der Waals surface area contributed by atoms with Crippen molar-refractivity contribution in [2.24, 2.45) is 0 Å². The molecule has 0 aliphatic heterocycles. The van der Waals surface area contributed by atoms with Gasteiger partial charge in [-0.2, -0.15) is 5.26 Å². The molecule has 7 heteroatoms. The van der Waals surface area contributed by atoms with E-state index >= 15 is 0 Å². The average molecular weight is 401 g/mol. The maximum Gasteiger partial charge on any atom is 0.357 e. The van der Waals surface area contributed by atoms with Gasteiger partial charge >= 0.3 is 5.97 Å². The first-order chi connectivity index (χ1) is 14.6. The molecule has 0 fully saturated rings. The minimum Gasteiger partial charge on any atom is -0.461 e. The maximum absolute atomic E-state index is 12.4. The normalized spacial score (nSPS) is 10.8. The van der Waals surface area contributed by atoms with E-state index in [9.17, 15) is 4.79 Å². The Balaban J connectivity index is 1.83. The van der Waals surface area contributed by atoms with Crippen LogP contribution in [0.4, 0.5) is 0 Å². The van der Waals surface area contributed by atoms with Gasteiger partial charge in [-0.25, -0.2) is 9.78 Å². The van der Waals surface area contributed by atoms with Crippen LogP contribution in [-0.4, -0.2) is 29.7 Å². The number of rotatable bonds is 6. The van der Waals surface area contributed by atoms with Crippen molar-refractivity contribution in [3.8, 4) is 17.6 Å². The lowest BCUT2D eigenvalue weighted by Crippen LogP contribution is -2.11. The molecule has 0 radical (unpaired) electrons. The van der Waals surface area contributed by atoms with Crippen molar-refractivity contribution in [1.29, 1.82) is 5.26 Å². The Morgan fingerprint density at radius 1 is 1.13 bits per heavy atom. The number of esters is 1. The highest BCUT2D eigenvalue weighted by Crippen LogP contribution is 2.34. The summed E-state index contributed by atoms with van der Waals surface area (Å²) in [6.07, 6.45) is 1.63. The van der Waals surface area contributed by atoms with Gasteiger partial charge in [0.15, 0.2) is 5.69 Å². The second-order valence-corrected chi connectivity index (χ2v) is 6.60. The summed E-state index contributed by atoms with van der Waals surface area (Å²) >= 11 is 0. The van der Waals surface area contributed by atoms with Crippen LogP contribution < -0.4 is 4.74 Å². The van der Waals surface area contributed by atoms with E-state index in [-0.39, 0.29) is 18.9 Å². The molecule has 4 aromatic rings. The average Bonchev–Trinajstić information content (AvgIpc) is 3.13. The number of fused-ring (bicyclic) bond motifs is 3. The van der Waals surface area contributed by atoms with E-state index in [1.807, 2.05) is 18.2 Å². The minimum atomic E-state index is -0.481. The first-order valence-corrected chi connectivity index (χ1v) is 9.42. The SMILES string of the molecule is CCOC(=O)c1ncc2[nH]c3ccc(Oc4ccc(C#N)cc4)cc3c2c1COC. The molecule has 0 saturated carbocycles. The number of nitrogens with zero attached hydrogens (tertiary/aromatic N) is 2. The summed E-state index contributed by atoms with van der Waals surface area (Å²) in [5, 5.41) is 10.7. The molecule has 0 atom stereocenters. The third kappa shape index (κ3) is 3.56. The molecule has 0 spiro atoms. The molecule has 4 rings (SSSR count). The Morgan fingerprint density at radius 2 is 1.90 bits per heavy atom. The van der Waals surface area contributed by atoms with Crippen LogP contribution in [0.3, 0.4) is 0 Å². The number of hydrogen-bond donors (Lipinski definition) is 1. The Hall–Kier alpha value is -3.89. The highest BCUT2D eigenvalue weighted by molar-refractivity contribution is 6.11. The van der Waals surface area contributed by atoms with E-state index in [1.165, 1.54) is 0 Å². The van der Waals surface area contributed by atoms with Gasteiger partial charge in [0, 0.05) is 29.0 Å². The standard InChI is InChI=1S/C23H19N3O4/c1-3-29-23(27)22-18(13-28-2)21-17-10-16(8-9-19(17)26-20(21)12-25-22)30-15-6-4-14(11-24)5-7-15/h4-10,12,26H,3,13H2,1-2H3. The minimum absolute atomic E-state index is 0.214. The molecule has 0 aliphatic rings. The highest BCUT2D eigenvalue weighted by Gasteiger charge is 2.20. The quantitative estimate of drug-likeness (QED) is 0.470. The molecule has 1 N–H and O–H groups in total. The highest BCUT2D eigenvalue weighted by atomic mass is 16.5. The number of methoxy groups -OCH3 is 1. The molecule has 0 unspecified atom stereocenters. The summed E-state index contributed by atoms with van der Waals surface area (Å²) in [6.45, 7) is 2.23. The molecule has 0 amide bonds. The number of carbonyl (C=O) groups is 1. The number of carbonyl (C=O) groups excluding carboxylic acids is 1. The van der Waals surface area contributed by atoms with Crippen LogP contribution in [0.25, 0.3) is 21.8 Å². The first-order valence-electron chi connectivity index (χ1n) is 9.42. The van der Waals surface area contributed by atoms with Gasteiger partial charge in [0.1, 0.15) is 11.5 Å². The van der Waals surface area contributed by atoms with Crippen LogP contribution in [0.2, 0.25) is 0 Å². The smallest absolute Gasteiger partial charge is 0.357 e.